The van der Waals surface area contributed by atoms with E-state index in [1.54, 1.807) is 12.1 Å². The third-order valence-electron chi connectivity index (χ3n) is 2.75. The topological polar surface area (TPSA) is 90.4 Å². The molecule has 0 saturated carbocycles. The van der Waals surface area contributed by atoms with Crippen molar-refractivity contribution < 1.29 is 13.9 Å². The fourth-order valence-corrected chi connectivity index (χ4v) is 1.75. The Hall–Kier alpha value is -2.76. The van der Waals surface area contributed by atoms with Crippen LogP contribution in [0.25, 0.3) is 0 Å². The van der Waals surface area contributed by atoms with Crippen LogP contribution in [0.15, 0.2) is 36.4 Å². The van der Waals surface area contributed by atoms with Gasteiger partial charge in [0.05, 0.1) is 24.0 Å². The van der Waals surface area contributed by atoms with Crippen LogP contribution in [0.4, 0.5) is 21.5 Å². The van der Waals surface area contributed by atoms with Crippen LogP contribution in [0.3, 0.4) is 0 Å². The minimum Gasteiger partial charge on any atom is -0.497 e. The molecule has 0 fully saturated rings. The highest BCUT2D eigenvalue weighted by molar-refractivity contribution is 6.00. The molecule has 0 aliphatic carbocycles. The number of anilines is 3. The zero-order chi connectivity index (χ0) is 14.7. The third-order valence-corrected chi connectivity index (χ3v) is 2.75. The predicted molar refractivity (Wildman–Crippen MR) is 75.6 cm³/mol. The lowest BCUT2D eigenvalue weighted by atomic mass is 10.1. The Labute approximate surface area is 115 Å². The van der Waals surface area contributed by atoms with Crippen LogP contribution in [0.5, 0.6) is 5.75 Å². The van der Waals surface area contributed by atoms with E-state index in [-0.39, 0.29) is 11.3 Å². The molecule has 1 amide bonds. The number of rotatable bonds is 4. The Morgan fingerprint density at radius 1 is 1.20 bits per heavy atom. The normalized spacial score (nSPS) is 10.1. The van der Waals surface area contributed by atoms with E-state index < -0.39 is 11.7 Å². The van der Waals surface area contributed by atoms with Crippen LogP contribution in [-0.4, -0.2) is 13.0 Å². The van der Waals surface area contributed by atoms with Crippen LogP contribution >= 0.6 is 0 Å². The number of carbonyl (C=O) groups is 1. The fraction of sp³-hybridized carbons (Fsp3) is 0.0714. The Morgan fingerprint density at radius 3 is 2.60 bits per heavy atom. The first-order valence-electron chi connectivity index (χ1n) is 5.81. The molecule has 5 nitrogen and oxygen atoms in total. The lowest BCUT2D eigenvalue weighted by Crippen LogP contribution is -2.14. The minimum absolute atomic E-state index is 0.177. The molecule has 104 valence electrons. The Balaban J connectivity index is 2.42. The molecule has 0 radical (unpaired) electrons. The van der Waals surface area contributed by atoms with Crippen LogP contribution < -0.4 is 21.5 Å². The van der Waals surface area contributed by atoms with Gasteiger partial charge in [-0.25, -0.2) is 4.39 Å². The smallest absolute Gasteiger partial charge is 0.250 e. The van der Waals surface area contributed by atoms with E-state index >= 15 is 0 Å². The first-order valence-corrected chi connectivity index (χ1v) is 5.81. The fourth-order valence-electron chi connectivity index (χ4n) is 1.75. The number of methoxy groups -OCH3 is 1. The van der Waals surface area contributed by atoms with Gasteiger partial charge in [-0.05, 0) is 30.3 Å². The van der Waals surface area contributed by atoms with Crippen molar-refractivity contribution >= 4 is 23.0 Å². The number of amides is 1. The predicted octanol–water partition coefficient (Wildman–Crippen LogP) is 2.26. The molecule has 20 heavy (non-hydrogen) atoms. The molecular weight excluding hydrogens is 261 g/mol. The number of hydrogen-bond acceptors (Lipinski definition) is 4. The van der Waals surface area contributed by atoms with Crippen LogP contribution in [0.1, 0.15) is 10.4 Å². The maximum absolute atomic E-state index is 13.7. The molecular formula is C14H14FN3O2. The number of hydrogen-bond donors (Lipinski definition) is 3. The largest absolute Gasteiger partial charge is 0.497 e. The van der Waals surface area contributed by atoms with Crippen LogP contribution in [-0.2, 0) is 0 Å². The van der Waals surface area contributed by atoms with Crippen molar-refractivity contribution in [1.82, 2.24) is 0 Å². The molecule has 0 aromatic heterocycles. The monoisotopic (exact) mass is 275 g/mol. The molecule has 2 aromatic rings. The Kier molecular flexibility index (Phi) is 3.74. The quantitative estimate of drug-likeness (QED) is 0.746. The standard InChI is InChI=1S/C14H14FN3O2/c1-20-9-3-4-11(15)13(7-9)18-12-5-2-8(16)6-10(12)14(17)19/h2-7,18H,16H2,1H3,(H2,17,19). The number of halogens is 1. The van der Waals surface area contributed by atoms with Crippen molar-refractivity contribution in [3.63, 3.8) is 0 Å². The molecule has 0 unspecified atom stereocenters. The van der Waals surface area contributed by atoms with Crippen molar-refractivity contribution in [2.45, 2.75) is 0 Å². The molecule has 5 N–H and O–H groups in total. The first kappa shape index (κ1) is 13.7. The number of benzene rings is 2. The average molecular weight is 275 g/mol. The lowest BCUT2D eigenvalue weighted by Gasteiger charge is -2.12. The molecule has 0 atom stereocenters. The number of primary amides is 1. The number of ether oxygens (including phenoxy) is 1. The maximum atomic E-state index is 13.7. The molecule has 0 aliphatic rings. The zero-order valence-corrected chi connectivity index (χ0v) is 10.8. The second-order valence-electron chi connectivity index (χ2n) is 4.14. The van der Waals surface area contributed by atoms with Gasteiger partial charge in [0, 0.05) is 11.8 Å². The summed E-state index contributed by atoms with van der Waals surface area (Å²) in [6.45, 7) is 0. The van der Waals surface area contributed by atoms with E-state index in [2.05, 4.69) is 5.32 Å². The SMILES string of the molecule is COc1ccc(F)c(Nc2ccc(N)cc2C(N)=O)c1. The number of nitrogens with one attached hydrogen (secondary N) is 1. The Bertz CT molecular complexity index is 659. The summed E-state index contributed by atoms with van der Waals surface area (Å²) in [6.07, 6.45) is 0. The summed E-state index contributed by atoms with van der Waals surface area (Å²) in [6, 6.07) is 8.83. The summed E-state index contributed by atoms with van der Waals surface area (Å²) < 4.78 is 18.8. The summed E-state index contributed by atoms with van der Waals surface area (Å²) in [5.41, 5.74) is 12.0. The highest BCUT2D eigenvalue weighted by atomic mass is 19.1. The van der Waals surface area contributed by atoms with Gasteiger partial charge in [-0.2, -0.15) is 0 Å². The molecule has 6 heteroatoms. The molecule has 0 spiro atoms. The van der Waals surface area contributed by atoms with E-state index in [9.17, 15) is 9.18 Å². The highest BCUT2D eigenvalue weighted by Crippen LogP contribution is 2.27. The van der Waals surface area contributed by atoms with Crippen molar-refractivity contribution in [2.24, 2.45) is 5.73 Å². The van der Waals surface area contributed by atoms with Gasteiger partial charge in [0.1, 0.15) is 11.6 Å². The van der Waals surface area contributed by atoms with Crippen LogP contribution in [0, 0.1) is 5.82 Å². The number of nitrogens with two attached hydrogens (primary N) is 2. The number of carbonyl (C=O) groups excluding carboxylic acids is 1. The minimum atomic E-state index is -0.650. The first-order chi connectivity index (χ1) is 9.51. The molecule has 2 aromatic carbocycles. The van der Waals surface area contributed by atoms with E-state index in [1.807, 2.05) is 0 Å². The van der Waals surface area contributed by atoms with E-state index in [1.165, 1.54) is 31.4 Å². The summed E-state index contributed by atoms with van der Waals surface area (Å²) >= 11 is 0. The van der Waals surface area contributed by atoms with Gasteiger partial charge in [-0.15, -0.1) is 0 Å². The highest BCUT2D eigenvalue weighted by Gasteiger charge is 2.11. The molecule has 2 rings (SSSR count). The van der Waals surface area contributed by atoms with Gasteiger partial charge >= 0.3 is 0 Å². The van der Waals surface area contributed by atoms with Crippen molar-refractivity contribution in [3.05, 3.63) is 47.8 Å². The third kappa shape index (κ3) is 2.80. The molecule has 0 bridgehead atoms. The second-order valence-corrected chi connectivity index (χ2v) is 4.14. The average Bonchev–Trinajstić information content (AvgIpc) is 2.42. The van der Waals surface area contributed by atoms with Gasteiger partial charge in [0.15, 0.2) is 0 Å². The Morgan fingerprint density at radius 2 is 1.95 bits per heavy atom. The van der Waals surface area contributed by atoms with Gasteiger partial charge in [-0.1, -0.05) is 0 Å². The van der Waals surface area contributed by atoms with Gasteiger partial charge in [0.25, 0.3) is 5.91 Å². The van der Waals surface area contributed by atoms with Gasteiger partial charge in [-0.3, -0.25) is 4.79 Å². The summed E-state index contributed by atoms with van der Waals surface area (Å²) in [5.74, 6) is -0.633. The van der Waals surface area contributed by atoms with Gasteiger partial charge < -0.3 is 21.5 Å². The van der Waals surface area contributed by atoms with Crippen LogP contribution in [0.2, 0.25) is 0 Å². The summed E-state index contributed by atoms with van der Waals surface area (Å²) in [4.78, 5) is 11.4. The van der Waals surface area contributed by atoms with Crippen molar-refractivity contribution in [2.75, 3.05) is 18.2 Å². The van der Waals surface area contributed by atoms with E-state index in [0.29, 0.717) is 17.1 Å². The molecule has 0 heterocycles. The maximum Gasteiger partial charge on any atom is 0.250 e. The van der Waals surface area contributed by atoms with Crippen molar-refractivity contribution in [1.29, 1.82) is 0 Å². The summed E-state index contributed by atoms with van der Waals surface area (Å²) in [5, 5.41) is 2.81. The second kappa shape index (κ2) is 5.48. The summed E-state index contributed by atoms with van der Waals surface area (Å²) in [7, 11) is 1.48. The molecule has 0 aliphatic heterocycles. The van der Waals surface area contributed by atoms with Crippen molar-refractivity contribution in [3.8, 4) is 5.75 Å². The van der Waals surface area contributed by atoms with E-state index in [0.717, 1.165) is 0 Å². The lowest BCUT2D eigenvalue weighted by molar-refractivity contribution is 0.100. The van der Waals surface area contributed by atoms with E-state index in [4.69, 9.17) is 16.2 Å². The number of nitrogen functional groups attached to an aromatic ring is 1. The molecule has 0 saturated heterocycles. The zero-order valence-electron chi connectivity index (χ0n) is 10.8. The van der Waals surface area contributed by atoms with Gasteiger partial charge in [0.2, 0.25) is 0 Å².